The van der Waals surface area contributed by atoms with E-state index in [0.717, 1.165) is 44.5 Å². The summed E-state index contributed by atoms with van der Waals surface area (Å²) in [6.45, 7) is 9.20. The van der Waals surface area contributed by atoms with Gasteiger partial charge in [0.25, 0.3) is 0 Å². The molecule has 0 bridgehead atoms. The molecule has 0 aliphatic heterocycles. The molecule has 4 rings (SSSR count). The molecule has 4 aromatic rings. The van der Waals surface area contributed by atoms with E-state index in [1.165, 1.54) is 6.08 Å². The van der Waals surface area contributed by atoms with Gasteiger partial charge in [-0.25, -0.2) is 0 Å². The van der Waals surface area contributed by atoms with Crippen LogP contribution in [0.3, 0.4) is 0 Å². The maximum absolute atomic E-state index is 11.8. The third-order valence-electron chi connectivity index (χ3n) is 5.51. The normalized spacial score (nSPS) is 12.2. The third kappa shape index (κ3) is 3.54. The molecule has 0 saturated carbocycles. The Bertz CT molecular complexity index is 1290. The van der Waals surface area contributed by atoms with Gasteiger partial charge in [0, 0.05) is 16.6 Å². The van der Waals surface area contributed by atoms with E-state index in [4.69, 9.17) is 10.3 Å². The number of fused-ring (bicyclic) bond motifs is 1. The Hall–Kier alpha value is -3.68. The van der Waals surface area contributed by atoms with E-state index < -0.39 is 6.23 Å². The Balaban J connectivity index is 1.96. The smallest absolute Gasteiger partial charge is 0.247 e. The lowest BCUT2D eigenvalue weighted by Crippen LogP contribution is -2.09. The van der Waals surface area contributed by atoms with E-state index in [1.807, 2.05) is 57.2 Å². The van der Waals surface area contributed by atoms with Gasteiger partial charge in [-0.3, -0.25) is 4.79 Å². The lowest BCUT2D eigenvalue weighted by atomic mass is 9.94. The molecular formula is C24H24N4O3. The molecule has 0 saturated heterocycles. The summed E-state index contributed by atoms with van der Waals surface area (Å²) in [5.74, 6) is 0.431. The number of carbonyl (C=O) groups excluding carboxylic acids is 1. The van der Waals surface area contributed by atoms with Crippen LogP contribution in [0, 0.1) is 20.8 Å². The van der Waals surface area contributed by atoms with E-state index in [9.17, 15) is 9.90 Å². The summed E-state index contributed by atoms with van der Waals surface area (Å²) in [6, 6.07) is 11.5. The van der Waals surface area contributed by atoms with Crippen LogP contribution in [-0.2, 0) is 4.79 Å². The monoisotopic (exact) mass is 416 g/mol. The number of hydrogen-bond acceptors (Lipinski definition) is 5. The fraction of sp³-hybridized carbons (Fsp3) is 0.167. The van der Waals surface area contributed by atoms with Crippen molar-refractivity contribution in [1.82, 2.24) is 10.1 Å². The summed E-state index contributed by atoms with van der Waals surface area (Å²) < 4.78 is 5.33. The van der Waals surface area contributed by atoms with Gasteiger partial charge in [0.2, 0.25) is 5.91 Å². The van der Waals surface area contributed by atoms with Gasteiger partial charge in [0.1, 0.15) is 12.0 Å². The van der Waals surface area contributed by atoms with Gasteiger partial charge in [-0.05, 0) is 55.7 Å². The van der Waals surface area contributed by atoms with Crippen molar-refractivity contribution < 1.29 is 14.4 Å². The summed E-state index contributed by atoms with van der Waals surface area (Å²) in [5.41, 5.74) is 13.2. The number of aromatic nitrogens is 2. The molecule has 2 aromatic carbocycles. The largest absolute Gasteiger partial charge is 0.374 e. The molecule has 0 fully saturated rings. The number of aromatic amines is 1. The number of amides is 1. The average Bonchev–Trinajstić information content (AvgIpc) is 3.31. The first-order valence-electron chi connectivity index (χ1n) is 9.87. The highest BCUT2D eigenvalue weighted by atomic mass is 16.5. The molecule has 1 atom stereocenters. The number of H-pyrrole nitrogens is 1. The number of rotatable bonds is 5. The van der Waals surface area contributed by atoms with Crippen LogP contribution in [0.2, 0.25) is 0 Å². The predicted octanol–water partition coefficient (Wildman–Crippen LogP) is 4.49. The molecule has 7 heteroatoms. The fourth-order valence-electron chi connectivity index (χ4n) is 3.97. The maximum Gasteiger partial charge on any atom is 0.247 e. The van der Waals surface area contributed by atoms with Crippen LogP contribution < -0.4 is 11.1 Å². The van der Waals surface area contributed by atoms with Gasteiger partial charge in [0.05, 0.1) is 22.5 Å². The van der Waals surface area contributed by atoms with Gasteiger partial charge in [-0.1, -0.05) is 36.0 Å². The van der Waals surface area contributed by atoms with Crippen LogP contribution in [0.25, 0.3) is 33.3 Å². The second-order valence-electron chi connectivity index (χ2n) is 7.49. The highest BCUT2D eigenvalue weighted by Gasteiger charge is 2.20. The molecule has 0 aliphatic carbocycles. The SMILES string of the molecule is C=CC(=O)Nc1cccc(-c2ccc(C(N)O)c3[nH]c(-c4c(C)noc4C)cc23)c1C. The number of aliphatic hydroxyl groups excluding tert-OH is 1. The van der Waals surface area contributed by atoms with Crippen LogP contribution in [-0.4, -0.2) is 21.2 Å². The van der Waals surface area contributed by atoms with Crippen LogP contribution in [0.4, 0.5) is 5.69 Å². The fourth-order valence-corrected chi connectivity index (χ4v) is 3.97. The van der Waals surface area contributed by atoms with Crippen LogP contribution in [0.5, 0.6) is 0 Å². The molecule has 7 nitrogen and oxygen atoms in total. The lowest BCUT2D eigenvalue weighted by Gasteiger charge is -2.14. The predicted molar refractivity (Wildman–Crippen MR) is 121 cm³/mol. The molecule has 2 aromatic heterocycles. The van der Waals surface area contributed by atoms with Crippen LogP contribution >= 0.6 is 0 Å². The van der Waals surface area contributed by atoms with E-state index >= 15 is 0 Å². The minimum atomic E-state index is -1.13. The molecular weight excluding hydrogens is 392 g/mol. The minimum Gasteiger partial charge on any atom is -0.374 e. The van der Waals surface area contributed by atoms with Gasteiger partial charge in [-0.15, -0.1) is 0 Å². The zero-order valence-corrected chi connectivity index (χ0v) is 17.6. The Morgan fingerprint density at radius 3 is 2.68 bits per heavy atom. The highest BCUT2D eigenvalue weighted by Crippen LogP contribution is 2.39. The molecule has 0 aliphatic rings. The lowest BCUT2D eigenvalue weighted by molar-refractivity contribution is -0.111. The first-order chi connectivity index (χ1) is 14.8. The number of anilines is 1. The quantitative estimate of drug-likeness (QED) is 0.282. The van der Waals surface area contributed by atoms with Gasteiger partial charge in [0.15, 0.2) is 0 Å². The number of aryl methyl sites for hydroxylation is 2. The summed E-state index contributed by atoms with van der Waals surface area (Å²) in [7, 11) is 0. The van der Waals surface area contributed by atoms with Crippen molar-refractivity contribution in [3.05, 3.63) is 71.6 Å². The summed E-state index contributed by atoms with van der Waals surface area (Å²) in [4.78, 5) is 15.2. The van der Waals surface area contributed by atoms with Crippen LogP contribution in [0.15, 0.2) is 53.6 Å². The van der Waals surface area contributed by atoms with E-state index in [2.05, 4.69) is 22.0 Å². The molecule has 31 heavy (non-hydrogen) atoms. The molecule has 0 spiro atoms. The average molecular weight is 416 g/mol. The Kier molecular flexibility index (Phi) is 5.22. The number of hydrogen-bond donors (Lipinski definition) is 4. The molecule has 5 N–H and O–H groups in total. The minimum absolute atomic E-state index is 0.269. The van der Waals surface area contributed by atoms with Crippen molar-refractivity contribution in [2.75, 3.05) is 5.32 Å². The maximum atomic E-state index is 11.8. The van der Waals surface area contributed by atoms with E-state index in [0.29, 0.717) is 17.0 Å². The zero-order valence-electron chi connectivity index (χ0n) is 17.6. The van der Waals surface area contributed by atoms with Crippen molar-refractivity contribution in [3.63, 3.8) is 0 Å². The van der Waals surface area contributed by atoms with Crippen LogP contribution in [0.1, 0.15) is 28.8 Å². The number of nitrogens with two attached hydrogens (primary N) is 1. The van der Waals surface area contributed by atoms with Gasteiger partial charge in [-0.2, -0.15) is 0 Å². The standard InChI is InChI=1S/C24H24N4O3/c1-5-21(29)26-19-8-6-7-15(12(19)2)16-9-10-17(24(25)30)23-18(16)11-20(27-23)22-13(3)28-31-14(22)4/h5-11,24,27,30H,1,25H2,2-4H3,(H,26,29). The number of nitrogens with one attached hydrogen (secondary N) is 2. The summed E-state index contributed by atoms with van der Waals surface area (Å²) in [6.07, 6.45) is 0.107. The molecule has 158 valence electrons. The first-order valence-corrected chi connectivity index (χ1v) is 9.87. The topological polar surface area (TPSA) is 117 Å². The Labute approximate surface area is 179 Å². The van der Waals surface area contributed by atoms with Crippen molar-refractivity contribution in [2.45, 2.75) is 27.0 Å². The van der Waals surface area contributed by atoms with Crippen molar-refractivity contribution >= 4 is 22.5 Å². The van der Waals surface area contributed by atoms with Gasteiger partial charge >= 0.3 is 0 Å². The second kappa shape index (κ2) is 7.86. The summed E-state index contributed by atoms with van der Waals surface area (Å²) >= 11 is 0. The highest BCUT2D eigenvalue weighted by molar-refractivity contribution is 6.03. The molecule has 2 heterocycles. The van der Waals surface area contributed by atoms with E-state index in [-0.39, 0.29) is 5.91 Å². The van der Waals surface area contributed by atoms with Crippen molar-refractivity contribution in [3.8, 4) is 22.4 Å². The number of aliphatic hydroxyl groups is 1. The van der Waals surface area contributed by atoms with Crippen molar-refractivity contribution in [1.29, 1.82) is 0 Å². The van der Waals surface area contributed by atoms with Gasteiger partial charge < -0.3 is 25.7 Å². The number of carbonyl (C=O) groups is 1. The number of benzene rings is 2. The third-order valence-corrected chi connectivity index (χ3v) is 5.51. The molecule has 0 radical (unpaired) electrons. The first kappa shape index (κ1) is 20.6. The second-order valence-corrected chi connectivity index (χ2v) is 7.49. The Morgan fingerprint density at radius 1 is 1.26 bits per heavy atom. The molecule has 1 amide bonds. The van der Waals surface area contributed by atoms with Crippen molar-refractivity contribution in [2.24, 2.45) is 5.73 Å². The molecule has 1 unspecified atom stereocenters. The summed E-state index contributed by atoms with van der Waals surface area (Å²) in [5, 5.41) is 17.9. The Morgan fingerprint density at radius 2 is 2.03 bits per heavy atom. The van der Waals surface area contributed by atoms with E-state index in [1.54, 1.807) is 0 Å². The zero-order chi connectivity index (χ0) is 22.3. The number of nitrogens with zero attached hydrogens (tertiary/aromatic N) is 1.